The van der Waals surface area contributed by atoms with Crippen LogP contribution in [0, 0.1) is 24.0 Å². The number of nitro benzene ring substituents is 1. The van der Waals surface area contributed by atoms with Crippen LogP contribution in [-0.2, 0) is 14.3 Å². The van der Waals surface area contributed by atoms with Crippen molar-refractivity contribution in [2.45, 2.75) is 13.8 Å². The van der Waals surface area contributed by atoms with Gasteiger partial charge in [0.1, 0.15) is 11.6 Å². The second-order valence-corrected chi connectivity index (χ2v) is 9.22. The Bertz CT molecular complexity index is 1230. The first-order chi connectivity index (χ1) is 16.2. The van der Waals surface area contributed by atoms with Crippen LogP contribution in [0.1, 0.15) is 17.0 Å². The first-order valence-corrected chi connectivity index (χ1v) is 11.6. The summed E-state index contributed by atoms with van der Waals surface area (Å²) in [6, 6.07) is 6.34. The number of ether oxygens (including phenoxy) is 1. The van der Waals surface area contributed by atoms with E-state index < -0.39 is 16.1 Å². The molecule has 3 heterocycles. The van der Waals surface area contributed by atoms with Crippen LogP contribution in [0.15, 0.2) is 29.2 Å². The van der Waals surface area contributed by atoms with Crippen LogP contribution in [0.4, 0.5) is 10.5 Å². The van der Waals surface area contributed by atoms with Gasteiger partial charge in [0.25, 0.3) is 16.8 Å². The van der Waals surface area contributed by atoms with Gasteiger partial charge in [-0.15, -0.1) is 0 Å². The molecule has 0 radical (unpaired) electrons. The molecule has 0 N–H and O–H groups in total. The van der Waals surface area contributed by atoms with E-state index in [2.05, 4.69) is 0 Å². The standard InChI is InChI=1S/C22H21ClN4O6S/c1-13-9-15(14(2)26(13)16-3-4-17(23)18(11-16)27(31)32)10-19-21(29)25(22(30)34-19)12-20(28)24-5-7-33-8-6-24/h3-4,9-11H,5-8,12H2,1-2H3/b19-10-. The molecule has 3 amide bonds. The van der Waals surface area contributed by atoms with Crippen molar-refractivity contribution in [1.82, 2.24) is 14.4 Å². The lowest BCUT2D eigenvalue weighted by Gasteiger charge is -2.28. The van der Waals surface area contributed by atoms with Crippen LogP contribution >= 0.6 is 23.4 Å². The minimum absolute atomic E-state index is 0.0386. The van der Waals surface area contributed by atoms with Gasteiger partial charge in [0.05, 0.1) is 28.7 Å². The highest BCUT2D eigenvalue weighted by Crippen LogP contribution is 2.34. The smallest absolute Gasteiger partial charge is 0.294 e. The van der Waals surface area contributed by atoms with E-state index >= 15 is 0 Å². The van der Waals surface area contributed by atoms with Gasteiger partial charge in [0.15, 0.2) is 0 Å². The predicted octanol–water partition coefficient (Wildman–Crippen LogP) is 3.55. The summed E-state index contributed by atoms with van der Waals surface area (Å²) in [5, 5.41) is 10.8. The lowest BCUT2D eigenvalue weighted by atomic mass is 10.2. The third-order valence-corrected chi connectivity index (χ3v) is 6.90. The highest BCUT2D eigenvalue weighted by atomic mass is 35.5. The summed E-state index contributed by atoms with van der Waals surface area (Å²) in [7, 11) is 0. The molecule has 2 aliphatic heterocycles. The molecule has 0 unspecified atom stereocenters. The van der Waals surface area contributed by atoms with Gasteiger partial charge in [-0.1, -0.05) is 11.6 Å². The Morgan fingerprint density at radius 2 is 1.94 bits per heavy atom. The first kappa shape index (κ1) is 24.0. The van der Waals surface area contributed by atoms with Gasteiger partial charge < -0.3 is 14.2 Å². The average Bonchev–Trinajstić information content (AvgIpc) is 3.23. The molecule has 0 atom stereocenters. The Kier molecular flexibility index (Phi) is 6.78. The number of aryl methyl sites for hydroxylation is 1. The molecule has 12 heteroatoms. The van der Waals surface area contributed by atoms with Crippen LogP contribution < -0.4 is 0 Å². The van der Waals surface area contributed by atoms with Gasteiger partial charge in [0.2, 0.25) is 5.91 Å². The molecule has 34 heavy (non-hydrogen) atoms. The number of amides is 3. The molecule has 2 fully saturated rings. The number of halogens is 1. The summed E-state index contributed by atoms with van der Waals surface area (Å²) in [6.07, 6.45) is 1.60. The molecular weight excluding hydrogens is 484 g/mol. The van der Waals surface area contributed by atoms with E-state index in [1.165, 1.54) is 12.1 Å². The second-order valence-electron chi connectivity index (χ2n) is 7.82. The SMILES string of the molecule is Cc1cc(/C=C2\SC(=O)N(CC(=O)N3CCOCC3)C2=O)c(C)n1-c1ccc(Cl)c([N+](=O)[O-])c1. The van der Waals surface area contributed by atoms with Crippen molar-refractivity contribution in [3.05, 3.63) is 61.3 Å². The molecule has 2 aromatic rings. The molecule has 1 aromatic carbocycles. The van der Waals surface area contributed by atoms with E-state index in [-0.39, 0.29) is 28.1 Å². The average molecular weight is 505 g/mol. The number of thioether (sulfide) groups is 1. The fraction of sp³-hybridized carbons (Fsp3) is 0.318. The lowest BCUT2D eigenvalue weighted by Crippen LogP contribution is -2.46. The summed E-state index contributed by atoms with van der Waals surface area (Å²) in [4.78, 5) is 51.3. The largest absolute Gasteiger partial charge is 0.378 e. The number of carbonyl (C=O) groups excluding carboxylic acids is 3. The van der Waals surface area contributed by atoms with Crippen LogP contribution in [0.2, 0.25) is 5.02 Å². The number of hydrogen-bond donors (Lipinski definition) is 0. The number of imide groups is 1. The third kappa shape index (κ3) is 4.59. The summed E-state index contributed by atoms with van der Waals surface area (Å²) >= 11 is 6.72. The number of hydrogen-bond acceptors (Lipinski definition) is 7. The summed E-state index contributed by atoms with van der Waals surface area (Å²) in [5.41, 5.74) is 2.53. The van der Waals surface area contributed by atoms with Crippen molar-refractivity contribution in [1.29, 1.82) is 0 Å². The van der Waals surface area contributed by atoms with E-state index in [0.29, 0.717) is 37.6 Å². The van der Waals surface area contributed by atoms with Crippen LogP contribution in [0.3, 0.4) is 0 Å². The number of morpholine rings is 1. The van der Waals surface area contributed by atoms with Gasteiger partial charge in [-0.05, 0) is 55.4 Å². The van der Waals surface area contributed by atoms with Crippen molar-refractivity contribution in [3.8, 4) is 5.69 Å². The van der Waals surface area contributed by atoms with Gasteiger partial charge >= 0.3 is 0 Å². The highest BCUT2D eigenvalue weighted by molar-refractivity contribution is 8.18. The van der Waals surface area contributed by atoms with E-state index in [1.807, 2.05) is 19.9 Å². The van der Waals surface area contributed by atoms with Crippen molar-refractivity contribution < 1.29 is 24.0 Å². The minimum atomic E-state index is -0.546. The van der Waals surface area contributed by atoms with Crippen molar-refractivity contribution >= 4 is 52.2 Å². The quantitative estimate of drug-likeness (QED) is 0.347. The fourth-order valence-corrected chi connectivity index (χ4v) is 4.95. The maximum absolute atomic E-state index is 12.9. The monoisotopic (exact) mass is 504 g/mol. The molecule has 10 nitrogen and oxygen atoms in total. The Balaban J connectivity index is 1.58. The van der Waals surface area contributed by atoms with Gasteiger partial charge in [0, 0.05) is 30.5 Å². The maximum Gasteiger partial charge on any atom is 0.294 e. The van der Waals surface area contributed by atoms with Gasteiger partial charge in [-0.25, -0.2) is 0 Å². The normalized spacial score (nSPS) is 17.7. The van der Waals surface area contributed by atoms with Gasteiger partial charge in [-0.2, -0.15) is 0 Å². The number of benzene rings is 1. The minimum Gasteiger partial charge on any atom is -0.378 e. The summed E-state index contributed by atoms with van der Waals surface area (Å²) < 4.78 is 7.03. The molecule has 0 bridgehead atoms. The van der Waals surface area contributed by atoms with Crippen molar-refractivity contribution in [2.24, 2.45) is 0 Å². The van der Waals surface area contributed by atoms with E-state index in [0.717, 1.165) is 28.0 Å². The zero-order valence-electron chi connectivity index (χ0n) is 18.4. The van der Waals surface area contributed by atoms with E-state index in [9.17, 15) is 24.5 Å². The molecule has 0 saturated carbocycles. The van der Waals surface area contributed by atoms with Crippen LogP contribution in [0.25, 0.3) is 11.8 Å². The number of rotatable bonds is 5. The zero-order chi connectivity index (χ0) is 24.6. The number of aromatic nitrogens is 1. The Morgan fingerprint density at radius 3 is 2.62 bits per heavy atom. The molecule has 2 aliphatic rings. The fourth-order valence-electron chi connectivity index (χ4n) is 3.94. The van der Waals surface area contributed by atoms with E-state index in [1.54, 1.807) is 21.6 Å². The van der Waals surface area contributed by atoms with Gasteiger partial charge in [-0.3, -0.25) is 29.4 Å². The number of nitro groups is 1. The number of nitrogens with zero attached hydrogens (tertiary/aromatic N) is 4. The second kappa shape index (κ2) is 9.61. The summed E-state index contributed by atoms with van der Waals surface area (Å²) in [5.74, 6) is -0.821. The van der Waals surface area contributed by atoms with Crippen molar-refractivity contribution in [3.63, 3.8) is 0 Å². The predicted molar refractivity (Wildman–Crippen MR) is 127 cm³/mol. The molecular formula is C22H21ClN4O6S. The molecule has 0 spiro atoms. The zero-order valence-corrected chi connectivity index (χ0v) is 20.0. The Labute approximate surface area is 204 Å². The molecule has 178 valence electrons. The molecule has 2 saturated heterocycles. The van der Waals surface area contributed by atoms with Crippen LogP contribution in [-0.4, -0.2) is 69.2 Å². The third-order valence-electron chi connectivity index (χ3n) is 5.67. The van der Waals surface area contributed by atoms with Crippen molar-refractivity contribution in [2.75, 3.05) is 32.8 Å². The molecule has 0 aliphatic carbocycles. The maximum atomic E-state index is 12.9. The molecule has 1 aromatic heterocycles. The van der Waals surface area contributed by atoms with Crippen LogP contribution in [0.5, 0.6) is 0 Å². The number of carbonyl (C=O) groups is 3. The lowest BCUT2D eigenvalue weighted by molar-refractivity contribution is -0.384. The first-order valence-electron chi connectivity index (χ1n) is 10.4. The molecule has 4 rings (SSSR count). The topological polar surface area (TPSA) is 115 Å². The highest BCUT2D eigenvalue weighted by Gasteiger charge is 2.37. The van der Waals surface area contributed by atoms with E-state index in [4.69, 9.17) is 16.3 Å². The summed E-state index contributed by atoms with van der Waals surface area (Å²) in [6.45, 7) is 5.05. The Morgan fingerprint density at radius 1 is 1.24 bits per heavy atom. The Hall–Kier alpha value is -3.15.